The molecule has 0 aromatic heterocycles. The highest BCUT2D eigenvalue weighted by molar-refractivity contribution is 5.72. The first kappa shape index (κ1) is 18.0. The van der Waals surface area contributed by atoms with E-state index in [2.05, 4.69) is 9.62 Å². The largest absolute Gasteiger partial charge is 0.573 e. The van der Waals surface area contributed by atoms with Crippen LogP contribution in [0.15, 0.2) is 48.5 Å². The predicted octanol–water partition coefficient (Wildman–Crippen LogP) is 3.57. The minimum Gasteiger partial charge on any atom is -0.406 e. The molecule has 0 N–H and O–H groups in total. The number of alkyl halides is 3. The molecule has 0 radical (unpaired) electrons. The predicted molar refractivity (Wildman–Crippen MR) is 76.6 cm³/mol. The zero-order valence-electron chi connectivity index (χ0n) is 12.4. The number of carbonyl (C=O) groups is 1. The maximum atomic E-state index is 12.0. The van der Waals surface area contributed by atoms with Crippen LogP contribution in [-0.2, 0) is 16.1 Å². The Morgan fingerprint density at radius 2 is 1.56 bits per heavy atom. The lowest BCUT2D eigenvalue weighted by Gasteiger charge is -2.09. The SMILES string of the molecule is O=C(Cc1ccc([N+](=O)[O-])cc1)OOc1ccc(OC(F)(F)F)cc1. The van der Waals surface area contributed by atoms with Crippen LogP contribution in [0.25, 0.3) is 0 Å². The minimum atomic E-state index is -4.81. The highest BCUT2D eigenvalue weighted by atomic mass is 19.4. The van der Waals surface area contributed by atoms with Gasteiger partial charge < -0.3 is 4.74 Å². The Morgan fingerprint density at radius 1 is 1.00 bits per heavy atom. The quantitative estimate of drug-likeness (QED) is 0.446. The van der Waals surface area contributed by atoms with Crippen molar-refractivity contribution in [2.24, 2.45) is 0 Å². The second-order valence-corrected chi connectivity index (χ2v) is 4.66. The molecule has 0 atom stereocenters. The summed E-state index contributed by atoms with van der Waals surface area (Å²) in [6.07, 6.45) is -5.01. The van der Waals surface area contributed by atoms with Gasteiger partial charge in [0.2, 0.25) is 0 Å². The third kappa shape index (κ3) is 6.01. The molecule has 132 valence electrons. The number of rotatable bonds is 6. The van der Waals surface area contributed by atoms with Crippen LogP contribution in [0.5, 0.6) is 11.5 Å². The Labute approximate surface area is 138 Å². The van der Waals surface area contributed by atoms with E-state index in [4.69, 9.17) is 4.89 Å². The number of nitrogens with zero attached hydrogens (tertiary/aromatic N) is 1. The number of nitro groups is 1. The van der Waals surface area contributed by atoms with Crippen LogP contribution < -0.4 is 9.62 Å². The average molecular weight is 357 g/mol. The third-order valence-corrected chi connectivity index (χ3v) is 2.78. The molecule has 0 heterocycles. The zero-order chi connectivity index (χ0) is 18.4. The van der Waals surface area contributed by atoms with Crippen molar-refractivity contribution in [2.75, 3.05) is 0 Å². The van der Waals surface area contributed by atoms with Crippen molar-refractivity contribution < 1.29 is 37.4 Å². The lowest BCUT2D eigenvalue weighted by molar-refractivity contribution is -0.384. The number of hydrogen-bond acceptors (Lipinski definition) is 6. The van der Waals surface area contributed by atoms with E-state index >= 15 is 0 Å². The maximum Gasteiger partial charge on any atom is 0.573 e. The van der Waals surface area contributed by atoms with Gasteiger partial charge in [0.25, 0.3) is 5.69 Å². The monoisotopic (exact) mass is 357 g/mol. The zero-order valence-corrected chi connectivity index (χ0v) is 12.4. The molecule has 10 heteroatoms. The summed E-state index contributed by atoms with van der Waals surface area (Å²) in [5.74, 6) is -1.24. The second-order valence-electron chi connectivity index (χ2n) is 4.66. The Hall–Kier alpha value is -3.30. The first-order valence-corrected chi connectivity index (χ1v) is 6.69. The summed E-state index contributed by atoms with van der Waals surface area (Å²) in [5.41, 5.74) is 0.350. The number of halogens is 3. The fourth-order valence-corrected chi connectivity index (χ4v) is 1.72. The molecule has 0 aliphatic heterocycles. The lowest BCUT2D eigenvalue weighted by atomic mass is 10.1. The first-order valence-electron chi connectivity index (χ1n) is 6.69. The summed E-state index contributed by atoms with van der Waals surface area (Å²) < 4.78 is 39.7. The summed E-state index contributed by atoms with van der Waals surface area (Å²) in [4.78, 5) is 30.8. The molecule has 7 nitrogen and oxygen atoms in total. The fraction of sp³-hybridized carbons (Fsp3) is 0.133. The van der Waals surface area contributed by atoms with Crippen molar-refractivity contribution in [3.05, 3.63) is 64.2 Å². The van der Waals surface area contributed by atoms with Gasteiger partial charge in [0.15, 0.2) is 5.75 Å². The van der Waals surface area contributed by atoms with E-state index in [9.17, 15) is 28.1 Å². The van der Waals surface area contributed by atoms with Crippen molar-refractivity contribution in [1.29, 1.82) is 0 Å². The van der Waals surface area contributed by atoms with Gasteiger partial charge in [-0.15, -0.1) is 13.2 Å². The lowest BCUT2D eigenvalue weighted by Crippen LogP contribution is -2.17. The van der Waals surface area contributed by atoms with Crippen molar-refractivity contribution >= 4 is 11.7 Å². The van der Waals surface area contributed by atoms with E-state index < -0.39 is 23.0 Å². The Bertz CT molecular complexity index is 743. The van der Waals surface area contributed by atoms with Gasteiger partial charge in [-0.25, -0.2) is 4.79 Å². The van der Waals surface area contributed by atoms with Gasteiger partial charge in [0, 0.05) is 12.1 Å². The maximum absolute atomic E-state index is 12.0. The van der Waals surface area contributed by atoms with Gasteiger partial charge in [0.1, 0.15) is 5.75 Å². The van der Waals surface area contributed by atoms with Crippen LogP contribution in [0.4, 0.5) is 18.9 Å². The van der Waals surface area contributed by atoms with Crippen molar-refractivity contribution in [3.8, 4) is 11.5 Å². The van der Waals surface area contributed by atoms with Gasteiger partial charge in [-0.1, -0.05) is 12.1 Å². The molecule has 2 aromatic carbocycles. The first-order chi connectivity index (χ1) is 11.7. The van der Waals surface area contributed by atoms with Gasteiger partial charge in [-0.2, -0.15) is 0 Å². The van der Waals surface area contributed by atoms with Crippen LogP contribution in [-0.4, -0.2) is 17.3 Å². The highest BCUT2D eigenvalue weighted by Crippen LogP contribution is 2.24. The van der Waals surface area contributed by atoms with Crippen LogP contribution in [0.1, 0.15) is 5.56 Å². The molecular weight excluding hydrogens is 347 g/mol. The van der Waals surface area contributed by atoms with E-state index in [0.29, 0.717) is 5.56 Å². The molecule has 2 aromatic rings. The minimum absolute atomic E-state index is 0.00780. The fourth-order valence-electron chi connectivity index (χ4n) is 1.72. The summed E-state index contributed by atoms with van der Waals surface area (Å²) in [7, 11) is 0. The number of benzene rings is 2. The molecule has 25 heavy (non-hydrogen) atoms. The molecular formula is C15H10F3NO6. The van der Waals surface area contributed by atoms with Crippen molar-refractivity contribution in [1.82, 2.24) is 0 Å². The van der Waals surface area contributed by atoms with Crippen LogP contribution in [0.2, 0.25) is 0 Å². The van der Waals surface area contributed by atoms with Crippen molar-refractivity contribution in [3.63, 3.8) is 0 Å². The topological polar surface area (TPSA) is 87.9 Å². The summed E-state index contributed by atoms with van der Waals surface area (Å²) in [5, 5.41) is 10.5. The van der Waals surface area contributed by atoms with E-state index in [1.54, 1.807) is 0 Å². The normalized spacial score (nSPS) is 10.8. The van der Waals surface area contributed by atoms with E-state index in [1.807, 2.05) is 0 Å². The highest BCUT2D eigenvalue weighted by Gasteiger charge is 2.31. The summed E-state index contributed by atoms with van der Waals surface area (Å²) in [6.45, 7) is 0. The number of ether oxygens (including phenoxy) is 1. The van der Waals surface area contributed by atoms with Gasteiger partial charge >= 0.3 is 12.3 Å². The standard InChI is InChI=1S/C15H10F3NO6/c16-15(17,18)23-12-5-7-13(8-6-12)24-25-14(20)9-10-1-3-11(4-2-10)19(21)22/h1-8H,9H2. The van der Waals surface area contributed by atoms with Gasteiger partial charge in [-0.05, 0) is 29.8 Å². The van der Waals surface area contributed by atoms with Crippen LogP contribution in [0, 0.1) is 10.1 Å². The molecule has 0 fully saturated rings. The Balaban J connectivity index is 1.84. The summed E-state index contributed by atoms with van der Waals surface area (Å²) in [6, 6.07) is 9.50. The molecule has 2 rings (SSSR count). The van der Waals surface area contributed by atoms with E-state index in [0.717, 1.165) is 24.3 Å². The number of hydrogen-bond donors (Lipinski definition) is 0. The van der Waals surface area contributed by atoms with Crippen LogP contribution >= 0.6 is 0 Å². The second kappa shape index (κ2) is 7.51. The average Bonchev–Trinajstić information content (AvgIpc) is 2.53. The molecule has 0 saturated heterocycles. The molecule has 0 aliphatic rings. The molecule has 0 bridgehead atoms. The molecule has 0 aliphatic carbocycles. The van der Waals surface area contributed by atoms with Gasteiger partial charge in [-0.3, -0.25) is 19.9 Å². The molecule has 0 spiro atoms. The van der Waals surface area contributed by atoms with Crippen LogP contribution in [0.3, 0.4) is 0 Å². The summed E-state index contributed by atoms with van der Waals surface area (Å²) >= 11 is 0. The van der Waals surface area contributed by atoms with Gasteiger partial charge in [0.05, 0.1) is 11.3 Å². The molecule has 0 saturated carbocycles. The Morgan fingerprint density at radius 3 is 2.08 bits per heavy atom. The molecule has 0 amide bonds. The molecule has 0 unspecified atom stereocenters. The van der Waals surface area contributed by atoms with E-state index in [-0.39, 0.29) is 17.9 Å². The van der Waals surface area contributed by atoms with Crippen molar-refractivity contribution in [2.45, 2.75) is 12.8 Å². The number of nitro benzene ring substituents is 1. The Kier molecular flexibility index (Phi) is 5.42. The third-order valence-electron chi connectivity index (χ3n) is 2.78. The number of non-ortho nitro benzene ring substituents is 1. The smallest absolute Gasteiger partial charge is 0.406 e. The number of carbonyl (C=O) groups excluding carboxylic acids is 1. The van der Waals surface area contributed by atoms with E-state index in [1.165, 1.54) is 24.3 Å².